The normalized spacial score (nSPS) is 25.6. The van der Waals surface area contributed by atoms with E-state index < -0.39 is 0 Å². The zero-order valence-corrected chi connectivity index (χ0v) is 13.2. The number of carbonyl (C=O) groups is 1. The molecule has 3 rings (SSSR count). The van der Waals surface area contributed by atoms with Crippen molar-refractivity contribution in [1.82, 2.24) is 10.2 Å². The lowest BCUT2D eigenvalue weighted by atomic mass is 9.81. The van der Waals surface area contributed by atoms with Gasteiger partial charge in [-0.25, -0.2) is 0 Å². The largest absolute Gasteiger partial charge is 0.335 e. The highest BCUT2D eigenvalue weighted by Crippen LogP contribution is 2.35. The highest BCUT2D eigenvalue weighted by atomic mass is 16.2. The summed E-state index contributed by atoms with van der Waals surface area (Å²) in [5, 5.41) is 3.40. The number of hydrogen-bond donors (Lipinski definition) is 1. The van der Waals surface area contributed by atoms with Gasteiger partial charge in [0.1, 0.15) is 0 Å². The third kappa shape index (κ3) is 3.29. The molecule has 1 atom stereocenters. The van der Waals surface area contributed by atoms with Crippen molar-refractivity contribution in [1.29, 1.82) is 0 Å². The van der Waals surface area contributed by atoms with E-state index in [1.807, 2.05) is 0 Å². The molecule has 0 bridgehead atoms. The minimum absolute atomic E-state index is 0.218. The lowest BCUT2D eigenvalue weighted by molar-refractivity contribution is -0.143. The van der Waals surface area contributed by atoms with Crippen molar-refractivity contribution in [2.24, 2.45) is 5.41 Å². The van der Waals surface area contributed by atoms with Crippen LogP contribution >= 0.6 is 0 Å². The van der Waals surface area contributed by atoms with E-state index in [-0.39, 0.29) is 5.41 Å². The first kappa shape index (κ1) is 14.6. The van der Waals surface area contributed by atoms with Gasteiger partial charge in [0.25, 0.3) is 0 Å². The van der Waals surface area contributed by atoms with E-state index in [0.717, 1.165) is 32.5 Å². The average Bonchev–Trinajstić information content (AvgIpc) is 3.29. The highest BCUT2D eigenvalue weighted by Gasteiger charge is 2.42. The van der Waals surface area contributed by atoms with E-state index in [4.69, 9.17) is 0 Å². The fourth-order valence-electron chi connectivity index (χ4n) is 3.35. The Balaban J connectivity index is 1.76. The number of amides is 1. The van der Waals surface area contributed by atoms with Crippen LogP contribution in [0.5, 0.6) is 0 Å². The lowest BCUT2D eigenvalue weighted by Gasteiger charge is -2.37. The van der Waals surface area contributed by atoms with Crippen LogP contribution in [-0.4, -0.2) is 29.9 Å². The molecule has 114 valence electrons. The van der Waals surface area contributed by atoms with Crippen molar-refractivity contribution in [3.05, 3.63) is 35.4 Å². The van der Waals surface area contributed by atoms with Crippen LogP contribution in [0.3, 0.4) is 0 Å². The topological polar surface area (TPSA) is 32.3 Å². The standard InChI is InChI=1S/C18H26N2O/c1-14-5-3-6-15(11-14)12-20(16-7-8-16)17(21)18(2)9-4-10-19-13-18/h3,5-6,11,16,19H,4,7-10,12-13H2,1-2H3. The second kappa shape index (κ2) is 5.80. The fourth-order valence-corrected chi connectivity index (χ4v) is 3.35. The predicted molar refractivity (Wildman–Crippen MR) is 85.0 cm³/mol. The molecular weight excluding hydrogens is 260 g/mol. The quantitative estimate of drug-likeness (QED) is 0.923. The third-order valence-electron chi connectivity index (χ3n) is 4.80. The smallest absolute Gasteiger partial charge is 0.230 e. The van der Waals surface area contributed by atoms with Gasteiger partial charge in [-0.1, -0.05) is 29.8 Å². The molecule has 1 amide bonds. The molecule has 3 heteroatoms. The van der Waals surface area contributed by atoms with Gasteiger partial charge in [0.2, 0.25) is 5.91 Å². The molecule has 0 radical (unpaired) electrons. The Bertz CT molecular complexity index is 516. The summed E-state index contributed by atoms with van der Waals surface area (Å²) in [6.45, 7) is 6.88. The Hall–Kier alpha value is -1.35. The SMILES string of the molecule is Cc1cccc(CN(C(=O)C2(C)CCCNC2)C2CC2)c1. The summed E-state index contributed by atoms with van der Waals surface area (Å²) in [5.74, 6) is 0.346. The van der Waals surface area contributed by atoms with Crippen molar-refractivity contribution < 1.29 is 4.79 Å². The Morgan fingerprint density at radius 3 is 2.86 bits per heavy atom. The molecular formula is C18H26N2O. The molecule has 1 unspecified atom stereocenters. The van der Waals surface area contributed by atoms with Crippen molar-refractivity contribution in [2.75, 3.05) is 13.1 Å². The number of nitrogens with one attached hydrogen (secondary N) is 1. The van der Waals surface area contributed by atoms with Gasteiger partial charge in [0, 0.05) is 19.1 Å². The van der Waals surface area contributed by atoms with Crippen LogP contribution < -0.4 is 5.32 Å². The van der Waals surface area contributed by atoms with Gasteiger partial charge < -0.3 is 10.2 Å². The zero-order chi connectivity index (χ0) is 14.9. The molecule has 1 saturated carbocycles. The van der Waals surface area contributed by atoms with E-state index in [1.54, 1.807) is 0 Å². The number of piperidine rings is 1. The molecule has 2 fully saturated rings. The number of rotatable bonds is 4. The van der Waals surface area contributed by atoms with Crippen molar-refractivity contribution in [2.45, 2.75) is 52.1 Å². The molecule has 1 aromatic carbocycles. The molecule has 0 spiro atoms. The second-order valence-corrected chi connectivity index (χ2v) is 6.99. The summed E-state index contributed by atoms with van der Waals surface area (Å²) in [5.41, 5.74) is 2.30. The Kier molecular flexibility index (Phi) is 4.03. The molecule has 1 saturated heterocycles. The van der Waals surface area contributed by atoms with E-state index >= 15 is 0 Å². The van der Waals surface area contributed by atoms with Gasteiger partial charge in [-0.15, -0.1) is 0 Å². The van der Waals surface area contributed by atoms with E-state index in [9.17, 15) is 4.79 Å². The maximum atomic E-state index is 13.1. The zero-order valence-electron chi connectivity index (χ0n) is 13.2. The molecule has 1 N–H and O–H groups in total. The van der Waals surface area contributed by atoms with Crippen LogP contribution in [0.15, 0.2) is 24.3 Å². The van der Waals surface area contributed by atoms with Crippen molar-refractivity contribution in [3.8, 4) is 0 Å². The maximum Gasteiger partial charge on any atom is 0.230 e. The predicted octanol–water partition coefficient (Wildman–Crippen LogP) is 2.88. The minimum Gasteiger partial charge on any atom is -0.335 e. The molecule has 0 aromatic heterocycles. The maximum absolute atomic E-state index is 13.1. The first-order valence-electron chi connectivity index (χ1n) is 8.16. The van der Waals surface area contributed by atoms with Gasteiger partial charge in [-0.05, 0) is 51.6 Å². The number of hydrogen-bond acceptors (Lipinski definition) is 2. The number of nitrogens with zero attached hydrogens (tertiary/aromatic N) is 1. The molecule has 3 nitrogen and oxygen atoms in total. The van der Waals surface area contributed by atoms with Crippen LogP contribution in [0, 0.1) is 12.3 Å². The van der Waals surface area contributed by atoms with E-state index in [2.05, 4.69) is 48.3 Å². The Labute approximate surface area is 127 Å². The van der Waals surface area contributed by atoms with Crippen LogP contribution in [0.2, 0.25) is 0 Å². The molecule has 21 heavy (non-hydrogen) atoms. The van der Waals surface area contributed by atoms with Gasteiger partial charge in [-0.2, -0.15) is 0 Å². The Morgan fingerprint density at radius 2 is 2.24 bits per heavy atom. The highest BCUT2D eigenvalue weighted by molar-refractivity contribution is 5.83. The van der Waals surface area contributed by atoms with Crippen LogP contribution in [0.4, 0.5) is 0 Å². The van der Waals surface area contributed by atoms with Gasteiger partial charge in [0.05, 0.1) is 5.41 Å². The molecule has 2 aliphatic rings. The summed E-state index contributed by atoms with van der Waals surface area (Å²) >= 11 is 0. The summed E-state index contributed by atoms with van der Waals surface area (Å²) in [6.07, 6.45) is 4.45. The van der Waals surface area contributed by atoms with E-state index in [1.165, 1.54) is 24.0 Å². The van der Waals surface area contributed by atoms with Gasteiger partial charge >= 0.3 is 0 Å². The van der Waals surface area contributed by atoms with Crippen LogP contribution in [-0.2, 0) is 11.3 Å². The second-order valence-electron chi connectivity index (χ2n) is 6.99. The van der Waals surface area contributed by atoms with Gasteiger partial charge in [0.15, 0.2) is 0 Å². The first-order chi connectivity index (χ1) is 10.1. The molecule has 1 aromatic rings. The first-order valence-corrected chi connectivity index (χ1v) is 8.16. The van der Waals surface area contributed by atoms with Crippen molar-refractivity contribution >= 4 is 5.91 Å². The van der Waals surface area contributed by atoms with Crippen molar-refractivity contribution in [3.63, 3.8) is 0 Å². The summed E-state index contributed by atoms with van der Waals surface area (Å²) in [7, 11) is 0. The third-order valence-corrected chi connectivity index (χ3v) is 4.80. The minimum atomic E-state index is -0.218. The average molecular weight is 286 g/mol. The molecule has 1 aliphatic heterocycles. The summed E-state index contributed by atoms with van der Waals surface area (Å²) in [4.78, 5) is 15.2. The van der Waals surface area contributed by atoms with Crippen LogP contribution in [0.1, 0.15) is 43.7 Å². The number of carbonyl (C=O) groups excluding carboxylic acids is 1. The molecule has 1 heterocycles. The molecule has 1 aliphatic carbocycles. The lowest BCUT2D eigenvalue weighted by Crippen LogP contribution is -2.50. The van der Waals surface area contributed by atoms with Gasteiger partial charge in [-0.3, -0.25) is 4.79 Å². The fraction of sp³-hybridized carbons (Fsp3) is 0.611. The monoisotopic (exact) mass is 286 g/mol. The number of benzene rings is 1. The number of aryl methyl sites for hydroxylation is 1. The van der Waals surface area contributed by atoms with E-state index in [0.29, 0.717) is 11.9 Å². The van der Waals surface area contributed by atoms with Crippen LogP contribution in [0.25, 0.3) is 0 Å². The summed E-state index contributed by atoms with van der Waals surface area (Å²) in [6, 6.07) is 9.00. The summed E-state index contributed by atoms with van der Waals surface area (Å²) < 4.78 is 0. The Morgan fingerprint density at radius 1 is 1.43 bits per heavy atom.